The van der Waals surface area contributed by atoms with Crippen molar-refractivity contribution in [2.75, 3.05) is 26.1 Å². The zero-order chi connectivity index (χ0) is 25.4. The molecular weight excluding hydrogens is 446 g/mol. The number of carbonyl (C=O) groups is 3. The first-order valence-corrected chi connectivity index (χ1v) is 11.6. The summed E-state index contributed by atoms with van der Waals surface area (Å²) in [5.41, 5.74) is 2.45. The number of carbonyl (C=O) groups excluding carboxylic acids is 3. The largest absolute Gasteiger partial charge is 0.377 e. The van der Waals surface area contributed by atoms with Crippen LogP contribution in [-0.2, 0) is 19.1 Å². The molecule has 1 aliphatic heterocycles. The third-order valence-corrected chi connectivity index (χ3v) is 5.92. The number of para-hydroxylation sites is 1. The number of hydrogen-bond donors (Lipinski definition) is 3. The van der Waals surface area contributed by atoms with E-state index in [1.807, 2.05) is 38.1 Å². The van der Waals surface area contributed by atoms with E-state index in [9.17, 15) is 14.4 Å². The van der Waals surface area contributed by atoms with Crippen LogP contribution >= 0.6 is 0 Å². The predicted octanol–water partition coefficient (Wildman–Crippen LogP) is 3.32. The molecule has 186 valence electrons. The summed E-state index contributed by atoms with van der Waals surface area (Å²) in [6.07, 6.45) is 2.64. The third-order valence-electron chi connectivity index (χ3n) is 5.92. The first-order chi connectivity index (χ1) is 16.8. The zero-order valence-electron chi connectivity index (χ0n) is 20.5. The Labute approximate surface area is 206 Å². The first kappa shape index (κ1) is 26.1. The van der Waals surface area contributed by atoms with E-state index in [2.05, 4.69) is 16.0 Å². The van der Waals surface area contributed by atoms with E-state index >= 15 is 0 Å². The van der Waals surface area contributed by atoms with Gasteiger partial charge >= 0.3 is 0 Å². The van der Waals surface area contributed by atoms with Crippen LogP contribution in [0, 0.1) is 5.92 Å². The van der Waals surface area contributed by atoms with Crippen molar-refractivity contribution in [1.82, 2.24) is 10.6 Å². The number of nitrogens with one attached hydrogen (secondary N) is 3. The minimum atomic E-state index is -0.757. The molecule has 0 fully saturated rings. The van der Waals surface area contributed by atoms with Gasteiger partial charge in [-0.05, 0) is 29.7 Å². The average Bonchev–Trinajstić information content (AvgIpc) is 2.85. The molecule has 3 atom stereocenters. The number of anilines is 1. The van der Waals surface area contributed by atoms with Crippen LogP contribution < -0.4 is 16.0 Å². The number of hydrogen-bond acceptors (Lipinski definition) is 5. The predicted molar refractivity (Wildman–Crippen MR) is 135 cm³/mol. The van der Waals surface area contributed by atoms with Gasteiger partial charge in [0.2, 0.25) is 11.8 Å². The van der Waals surface area contributed by atoms with Gasteiger partial charge in [0.05, 0.1) is 0 Å². The number of amides is 3. The van der Waals surface area contributed by atoms with Crippen molar-refractivity contribution in [3.8, 4) is 0 Å². The van der Waals surface area contributed by atoms with Gasteiger partial charge < -0.3 is 25.4 Å². The summed E-state index contributed by atoms with van der Waals surface area (Å²) in [4.78, 5) is 38.7. The number of fused-ring (bicyclic) bond motifs is 3. The van der Waals surface area contributed by atoms with Crippen LogP contribution in [-0.4, -0.2) is 50.6 Å². The molecule has 1 heterocycles. The summed E-state index contributed by atoms with van der Waals surface area (Å²) in [5.74, 6) is -1.01. The van der Waals surface area contributed by atoms with Crippen LogP contribution in [0.15, 0.2) is 54.6 Å². The van der Waals surface area contributed by atoms with Crippen LogP contribution in [0.25, 0.3) is 6.08 Å². The number of benzene rings is 2. The van der Waals surface area contributed by atoms with Crippen molar-refractivity contribution < 1.29 is 23.9 Å². The summed E-state index contributed by atoms with van der Waals surface area (Å²) < 4.78 is 11.4. The summed E-state index contributed by atoms with van der Waals surface area (Å²) in [5, 5.41) is 8.70. The minimum Gasteiger partial charge on any atom is -0.377 e. The van der Waals surface area contributed by atoms with E-state index in [0.29, 0.717) is 16.8 Å². The lowest BCUT2D eigenvalue weighted by atomic mass is 9.99. The SMILES string of the molecule is CO[C@@H]1c2ccccc2NC(=O)[C@H](C(C)C)NC(=O)c2cccc(c2)/C=C/CC(=O)NC[C@H]1OC. The van der Waals surface area contributed by atoms with E-state index in [4.69, 9.17) is 9.47 Å². The molecule has 1 aliphatic rings. The molecular formula is C27H33N3O5. The number of ether oxygens (including phenoxy) is 2. The van der Waals surface area contributed by atoms with E-state index in [1.165, 1.54) is 0 Å². The van der Waals surface area contributed by atoms with Gasteiger partial charge in [0.25, 0.3) is 5.91 Å². The van der Waals surface area contributed by atoms with Crippen molar-refractivity contribution in [2.24, 2.45) is 5.92 Å². The van der Waals surface area contributed by atoms with Gasteiger partial charge in [-0.25, -0.2) is 0 Å². The van der Waals surface area contributed by atoms with Crippen LogP contribution in [0.5, 0.6) is 0 Å². The highest BCUT2D eigenvalue weighted by atomic mass is 16.5. The highest BCUT2D eigenvalue weighted by Crippen LogP contribution is 2.29. The average molecular weight is 480 g/mol. The quantitative estimate of drug-likeness (QED) is 0.626. The second-order valence-electron chi connectivity index (χ2n) is 8.74. The third kappa shape index (κ3) is 6.77. The fourth-order valence-electron chi connectivity index (χ4n) is 3.99. The lowest BCUT2D eigenvalue weighted by Gasteiger charge is -2.28. The molecule has 0 spiro atoms. The maximum absolute atomic E-state index is 13.3. The first-order valence-electron chi connectivity index (χ1n) is 11.6. The maximum Gasteiger partial charge on any atom is 0.251 e. The Hall–Kier alpha value is -3.49. The standard InChI is InChI=1S/C27H33N3O5/c1-17(2)24-27(33)29-21-13-6-5-12-20(21)25(35-4)22(34-3)16-28-23(31)14-8-10-18-9-7-11-19(15-18)26(32)30-24/h5-13,15,17,22,24-25H,14,16H2,1-4H3,(H,28,31)(H,29,33)(H,30,32)/b10-8+/t22-,24+,25-/m1/s1. The second kappa shape index (κ2) is 12.3. The fraction of sp³-hybridized carbons (Fsp3) is 0.370. The summed E-state index contributed by atoms with van der Waals surface area (Å²) >= 11 is 0. The molecule has 8 nitrogen and oxygen atoms in total. The van der Waals surface area contributed by atoms with Gasteiger partial charge in [0, 0.05) is 44.0 Å². The Morgan fingerprint density at radius 1 is 0.971 bits per heavy atom. The van der Waals surface area contributed by atoms with Gasteiger partial charge in [-0.1, -0.05) is 56.3 Å². The molecule has 8 heteroatoms. The molecule has 2 bridgehead atoms. The Bertz CT molecular complexity index is 1080. The summed E-state index contributed by atoms with van der Waals surface area (Å²) in [7, 11) is 3.10. The van der Waals surface area contributed by atoms with Gasteiger partial charge in [0.15, 0.2) is 0 Å². The molecule has 0 saturated carbocycles. The molecule has 0 aromatic heterocycles. The topological polar surface area (TPSA) is 106 Å². The van der Waals surface area contributed by atoms with Crippen molar-refractivity contribution in [1.29, 1.82) is 0 Å². The van der Waals surface area contributed by atoms with Crippen molar-refractivity contribution in [2.45, 2.75) is 38.5 Å². The molecule has 0 saturated heterocycles. The molecule has 3 rings (SSSR count). The lowest BCUT2D eigenvalue weighted by Crippen LogP contribution is -2.47. The van der Waals surface area contributed by atoms with Crippen LogP contribution in [0.2, 0.25) is 0 Å². The molecule has 2 aromatic carbocycles. The zero-order valence-corrected chi connectivity index (χ0v) is 20.5. The van der Waals surface area contributed by atoms with E-state index < -0.39 is 18.2 Å². The van der Waals surface area contributed by atoms with Crippen molar-refractivity contribution in [3.63, 3.8) is 0 Å². The second-order valence-corrected chi connectivity index (χ2v) is 8.74. The van der Waals surface area contributed by atoms with Gasteiger partial charge in [-0.2, -0.15) is 0 Å². The monoisotopic (exact) mass is 479 g/mol. The maximum atomic E-state index is 13.3. The molecule has 3 amide bonds. The molecule has 3 N–H and O–H groups in total. The summed E-state index contributed by atoms with van der Waals surface area (Å²) in [6.45, 7) is 3.98. The smallest absolute Gasteiger partial charge is 0.251 e. The van der Waals surface area contributed by atoms with Gasteiger partial charge in [-0.3, -0.25) is 14.4 Å². The summed E-state index contributed by atoms with van der Waals surface area (Å²) in [6, 6.07) is 13.5. The Kier molecular flexibility index (Phi) is 9.17. The van der Waals surface area contributed by atoms with Gasteiger partial charge in [-0.15, -0.1) is 0 Å². The van der Waals surface area contributed by atoms with Crippen LogP contribution in [0.4, 0.5) is 5.69 Å². The van der Waals surface area contributed by atoms with Gasteiger partial charge in [0.1, 0.15) is 18.2 Å². The molecule has 0 aliphatic carbocycles. The van der Waals surface area contributed by atoms with Crippen LogP contribution in [0.3, 0.4) is 0 Å². The van der Waals surface area contributed by atoms with Crippen LogP contribution in [0.1, 0.15) is 47.9 Å². The normalized spacial score (nSPS) is 22.8. The lowest BCUT2D eigenvalue weighted by molar-refractivity contribution is -0.121. The van der Waals surface area contributed by atoms with E-state index in [0.717, 1.165) is 5.56 Å². The minimum absolute atomic E-state index is 0.153. The Balaban J connectivity index is 2.01. The van der Waals surface area contributed by atoms with Crippen molar-refractivity contribution in [3.05, 3.63) is 71.3 Å². The molecule has 0 radical (unpaired) electrons. The molecule has 35 heavy (non-hydrogen) atoms. The Morgan fingerprint density at radius 2 is 1.74 bits per heavy atom. The van der Waals surface area contributed by atoms with E-state index in [1.54, 1.807) is 50.6 Å². The number of rotatable bonds is 3. The highest BCUT2D eigenvalue weighted by molar-refractivity contribution is 6.01. The Morgan fingerprint density at radius 3 is 2.46 bits per heavy atom. The highest BCUT2D eigenvalue weighted by Gasteiger charge is 2.29. The van der Waals surface area contributed by atoms with Crippen molar-refractivity contribution >= 4 is 29.5 Å². The van der Waals surface area contributed by atoms with E-state index in [-0.39, 0.29) is 36.6 Å². The fourth-order valence-corrected chi connectivity index (χ4v) is 3.99. The number of methoxy groups -OCH3 is 2. The molecule has 0 unspecified atom stereocenters. The molecule has 2 aromatic rings.